The third kappa shape index (κ3) is 3.42. The Morgan fingerprint density at radius 2 is 1.76 bits per heavy atom. The monoisotopic (exact) mass is 335 g/mol. The first-order valence-corrected chi connectivity index (χ1v) is 7.76. The van der Waals surface area contributed by atoms with Crippen LogP contribution in [0.15, 0.2) is 66.0 Å². The number of nitrogens with zero attached hydrogens (tertiary/aromatic N) is 3. The zero-order chi connectivity index (χ0) is 17.8. The van der Waals surface area contributed by atoms with Gasteiger partial charge in [-0.1, -0.05) is 47.6 Å². The lowest BCUT2D eigenvalue weighted by Crippen LogP contribution is -2.31. The fourth-order valence-corrected chi connectivity index (χ4v) is 2.54. The molecule has 0 aliphatic carbocycles. The molecule has 0 atom stereocenters. The van der Waals surface area contributed by atoms with Crippen LogP contribution >= 0.6 is 0 Å². The van der Waals surface area contributed by atoms with Gasteiger partial charge in [-0.05, 0) is 36.3 Å². The fourth-order valence-electron chi connectivity index (χ4n) is 2.54. The van der Waals surface area contributed by atoms with Gasteiger partial charge < -0.3 is 5.21 Å². The summed E-state index contributed by atoms with van der Waals surface area (Å²) in [6.45, 7) is 1.67. The summed E-state index contributed by atoms with van der Waals surface area (Å²) >= 11 is 0. The number of urea groups is 1. The molecule has 3 rings (SSSR count). The average Bonchev–Trinajstić information content (AvgIpc) is 2.94. The van der Waals surface area contributed by atoms with E-state index in [-0.39, 0.29) is 12.5 Å². The fraction of sp³-hybridized carbons (Fsp3) is 0.105. The summed E-state index contributed by atoms with van der Waals surface area (Å²) in [5, 5.41) is 11.9. The van der Waals surface area contributed by atoms with Crippen LogP contribution in [0.5, 0.6) is 0 Å². The molecule has 1 heterocycles. The first-order chi connectivity index (χ1) is 12.1. The number of oxime groups is 1. The Labute approximate surface area is 145 Å². The molecule has 6 nitrogen and oxygen atoms in total. The topological polar surface area (TPSA) is 73.2 Å². The van der Waals surface area contributed by atoms with E-state index in [1.165, 1.54) is 4.90 Å². The van der Waals surface area contributed by atoms with Crippen molar-refractivity contribution in [3.8, 4) is 0 Å². The smallest absolute Gasteiger partial charge is 0.335 e. The van der Waals surface area contributed by atoms with Crippen molar-refractivity contribution in [1.29, 1.82) is 0 Å². The van der Waals surface area contributed by atoms with Crippen LogP contribution in [0, 0.1) is 0 Å². The van der Waals surface area contributed by atoms with Crippen LogP contribution in [0.3, 0.4) is 0 Å². The highest BCUT2D eigenvalue weighted by atomic mass is 16.4. The van der Waals surface area contributed by atoms with Gasteiger partial charge in [0.05, 0.1) is 11.4 Å². The molecule has 0 saturated carbocycles. The zero-order valence-electron chi connectivity index (χ0n) is 13.7. The third-order valence-corrected chi connectivity index (χ3v) is 3.93. The Morgan fingerprint density at radius 1 is 1.08 bits per heavy atom. The van der Waals surface area contributed by atoms with E-state index in [2.05, 4.69) is 5.16 Å². The molecule has 1 aliphatic heterocycles. The summed E-state index contributed by atoms with van der Waals surface area (Å²) in [7, 11) is 0. The molecular formula is C19H17N3O3. The quantitative estimate of drug-likeness (QED) is 0.403. The van der Waals surface area contributed by atoms with Crippen molar-refractivity contribution in [2.75, 3.05) is 11.4 Å². The summed E-state index contributed by atoms with van der Waals surface area (Å²) in [5.74, 6) is -0.289. The van der Waals surface area contributed by atoms with E-state index < -0.39 is 6.03 Å². The molecule has 3 amide bonds. The lowest BCUT2D eigenvalue weighted by atomic mass is 10.1. The molecule has 1 fully saturated rings. The number of carbonyl (C=O) groups is 2. The maximum Gasteiger partial charge on any atom is 0.335 e. The van der Waals surface area contributed by atoms with Crippen molar-refractivity contribution in [2.45, 2.75) is 6.92 Å². The molecule has 1 N–H and O–H groups in total. The highest BCUT2D eigenvalue weighted by Crippen LogP contribution is 2.22. The number of amides is 3. The number of benzene rings is 2. The summed E-state index contributed by atoms with van der Waals surface area (Å²) in [5.41, 5.74) is 2.61. The van der Waals surface area contributed by atoms with Crippen molar-refractivity contribution in [1.82, 2.24) is 4.90 Å². The second kappa shape index (κ2) is 7.00. The van der Waals surface area contributed by atoms with Crippen LogP contribution < -0.4 is 4.90 Å². The van der Waals surface area contributed by atoms with Crippen molar-refractivity contribution >= 4 is 29.4 Å². The van der Waals surface area contributed by atoms with Crippen molar-refractivity contribution in [2.24, 2.45) is 5.16 Å². The van der Waals surface area contributed by atoms with E-state index in [0.29, 0.717) is 17.0 Å². The van der Waals surface area contributed by atoms with Crippen molar-refractivity contribution in [3.63, 3.8) is 0 Å². The number of hydrogen-bond donors (Lipinski definition) is 1. The van der Waals surface area contributed by atoms with Gasteiger partial charge >= 0.3 is 6.03 Å². The Morgan fingerprint density at radius 3 is 2.40 bits per heavy atom. The van der Waals surface area contributed by atoms with Gasteiger partial charge in [0.2, 0.25) is 0 Å². The minimum atomic E-state index is -0.391. The van der Waals surface area contributed by atoms with E-state index in [4.69, 9.17) is 5.21 Å². The second-order valence-electron chi connectivity index (χ2n) is 5.60. The molecule has 6 heteroatoms. The average molecular weight is 335 g/mol. The SMILES string of the molecule is CC(=NO)c1ccc(N2C(=O)CN(C=Cc3ccccc3)C2=O)cc1. The predicted molar refractivity (Wildman–Crippen MR) is 95.5 cm³/mol. The molecule has 0 aromatic heterocycles. The van der Waals surface area contributed by atoms with Gasteiger partial charge in [-0.25, -0.2) is 9.69 Å². The summed E-state index contributed by atoms with van der Waals surface area (Å²) < 4.78 is 0. The molecule has 2 aromatic carbocycles. The maximum absolute atomic E-state index is 12.5. The summed E-state index contributed by atoms with van der Waals surface area (Å²) in [6, 6.07) is 15.9. The Hall–Kier alpha value is -3.41. The highest BCUT2D eigenvalue weighted by Gasteiger charge is 2.35. The van der Waals surface area contributed by atoms with Crippen LogP contribution in [0.1, 0.15) is 18.1 Å². The number of carbonyl (C=O) groups excluding carboxylic acids is 2. The van der Waals surface area contributed by atoms with Gasteiger partial charge in [0, 0.05) is 6.20 Å². The molecular weight excluding hydrogens is 318 g/mol. The van der Waals surface area contributed by atoms with E-state index in [1.807, 2.05) is 30.3 Å². The predicted octanol–water partition coefficient (Wildman–Crippen LogP) is 3.32. The lowest BCUT2D eigenvalue weighted by molar-refractivity contribution is -0.116. The second-order valence-corrected chi connectivity index (χ2v) is 5.60. The third-order valence-electron chi connectivity index (χ3n) is 3.93. The van der Waals surface area contributed by atoms with Gasteiger partial charge in [-0.3, -0.25) is 9.69 Å². The van der Waals surface area contributed by atoms with E-state index in [0.717, 1.165) is 10.5 Å². The standard InChI is InChI=1S/C19H17N3O3/c1-14(20-25)16-7-9-17(10-8-16)22-18(23)13-21(19(22)24)12-11-15-5-3-2-4-6-15/h2-12,25H,13H2,1H3. The molecule has 0 radical (unpaired) electrons. The first-order valence-electron chi connectivity index (χ1n) is 7.76. The molecule has 0 bridgehead atoms. The van der Waals surface area contributed by atoms with Gasteiger partial charge in [-0.15, -0.1) is 0 Å². The van der Waals surface area contributed by atoms with Crippen molar-refractivity contribution < 1.29 is 14.8 Å². The first kappa shape index (κ1) is 16.4. The van der Waals surface area contributed by atoms with Gasteiger partial charge in [0.1, 0.15) is 6.54 Å². The van der Waals surface area contributed by atoms with Gasteiger partial charge in [0.15, 0.2) is 0 Å². The Kier molecular flexibility index (Phi) is 4.61. The van der Waals surface area contributed by atoms with Crippen LogP contribution in [0.2, 0.25) is 0 Å². The van der Waals surface area contributed by atoms with Crippen molar-refractivity contribution in [3.05, 3.63) is 71.9 Å². The molecule has 25 heavy (non-hydrogen) atoms. The maximum atomic E-state index is 12.5. The molecule has 1 aliphatic rings. The van der Waals surface area contributed by atoms with E-state index >= 15 is 0 Å². The van der Waals surface area contributed by atoms with Crippen LogP contribution in [-0.4, -0.2) is 34.3 Å². The molecule has 1 saturated heterocycles. The largest absolute Gasteiger partial charge is 0.411 e. The molecule has 0 spiro atoms. The normalized spacial score (nSPS) is 15.5. The van der Waals surface area contributed by atoms with E-state index in [1.54, 1.807) is 43.5 Å². The minimum absolute atomic E-state index is 0.00104. The number of anilines is 1. The molecule has 2 aromatic rings. The highest BCUT2D eigenvalue weighted by molar-refractivity contribution is 6.20. The summed E-state index contributed by atoms with van der Waals surface area (Å²) in [6.07, 6.45) is 3.41. The number of imide groups is 1. The summed E-state index contributed by atoms with van der Waals surface area (Å²) in [4.78, 5) is 27.3. The molecule has 126 valence electrons. The van der Waals surface area contributed by atoms with Crippen LogP contribution in [-0.2, 0) is 4.79 Å². The number of rotatable bonds is 4. The van der Waals surface area contributed by atoms with Gasteiger partial charge in [-0.2, -0.15) is 0 Å². The van der Waals surface area contributed by atoms with Gasteiger partial charge in [0.25, 0.3) is 5.91 Å². The lowest BCUT2D eigenvalue weighted by Gasteiger charge is -2.15. The zero-order valence-corrected chi connectivity index (χ0v) is 13.7. The Bertz CT molecular complexity index is 842. The minimum Gasteiger partial charge on any atom is -0.411 e. The van der Waals surface area contributed by atoms with Crippen LogP contribution in [0.25, 0.3) is 6.08 Å². The van der Waals surface area contributed by atoms with Crippen LogP contribution in [0.4, 0.5) is 10.5 Å². The Balaban J connectivity index is 1.78. The molecule has 0 unspecified atom stereocenters. The van der Waals surface area contributed by atoms with E-state index in [9.17, 15) is 9.59 Å². The number of hydrogen-bond acceptors (Lipinski definition) is 4.